The lowest BCUT2D eigenvalue weighted by molar-refractivity contribution is 0.143. The number of nitrogens with zero attached hydrogens (tertiary/aromatic N) is 2. The van der Waals surface area contributed by atoms with E-state index in [1.807, 2.05) is 0 Å². The fourth-order valence-electron chi connectivity index (χ4n) is 2.70. The van der Waals surface area contributed by atoms with Gasteiger partial charge < -0.3 is 5.32 Å². The van der Waals surface area contributed by atoms with Crippen LogP contribution in [0.2, 0.25) is 0 Å². The van der Waals surface area contributed by atoms with Gasteiger partial charge in [-0.1, -0.05) is 37.3 Å². The van der Waals surface area contributed by atoms with Crippen molar-refractivity contribution in [1.29, 1.82) is 5.26 Å². The molecule has 0 amide bonds. The van der Waals surface area contributed by atoms with E-state index in [0.29, 0.717) is 18.5 Å². The Hall–Kier alpha value is -1.37. The van der Waals surface area contributed by atoms with E-state index >= 15 is 0 Å². The van der Waals surface area contributed by atoms with Crippen molar-refractivity contribution in [3.8, 4) is 6.07 Å². The number of rotatable bonds is 4. The first-order valence-electron chi connectivity index (χ1n) is 6.66. The molecule has 3 heteroatoms. The molecule has 1 aromatic carbocycles. The Kier molecular flexibility index (Phi) is 4.74. The molecule has 1 aromatic rings. The zero-order valence-corrected chi connectivity index (χ0v) is 11.0. The maximum atomic E-state index is 8.61. The lowest BCUT2D eigenvalue weighted by Gasteiger charge is -2.37. The third-order valence-electron chi connectivity index (χ3n) is 3.68. The van der Waals surface area contributed by atoms with E-state index in [2.05, 4.69) is 53.5 Å². The van der Waals surface area contributed by atoms with E-state index < -0.39 is 0 Å². The molecule has 0 radical (unpaired) electrons. The van der Waals surface area contributed by atoms with Gasteiger partial charge in [0.1, 0.15) is 0 Å². The van der Waals surface area contributed by atoms with Crippen molar-refractivity contribution < 1.29 is 0 Å². The number of nitrogens with one attached hydrogen (secondary N) is 1. The van der Waals surface area contributed by atoms with Crippen molar-refractivity contribution in [3.63, 3.8) is 0 Å². The Labute approximate surface area is 109 Å². The first-order chi connectivity index (χ1) is 8.79. The van der Waals surface area contributed by atoms with Gasteiger partial charge in [0, 0.05) is 19.1 Å². The van der Waals surface area contributed by atoms with Crippen LogP contribution in [0.3, 0.4) is 0 Å². The number of nitriles is 1. The SMILES string of the molecule is CC1CN(Cc2ccccc2)CCC1NCC#N. The van der Waals surface area contributed by atoms with Crippen LogP contribution in [0.4, 0.5) is 0 Å². The van der Waals surface area contributed by atoms with Crippen molar-refractivity contribution in [2.75, 3.05) is 19.6 Å². The molecule has 0 bridgehead atoms. The van der Waals surface area contributed by atoms with Crippen molar-refractivity contribution in [1.82, 2.24) is 10.2 Å². The van der Waals surface area contributed by atoms with Crippen LogP contribution in [0, 0.1) is 17.2 Å². The van der Waals surface area contributed by atoms with Gasteiger partial charge in [0.15, 0.2) is 0 Å². The van der Waals surface area contributed by atoms with Gasteiger partial charge in [-0.05, 0) is 24.4 Å². The van der Waals surface area contributed by atoms with E-state index in [1.165, 1.54) is 5.56 Å². The summed E-state index contributed by atoms with van der Waals surface area (Å²) in [6, 6.07) is 13.3. The molecule has 1 aliphatic heterocycles. The minimum absolute atomic E-state index is 0.466. The van der Waals surface area contributed by atoms with Crippen LogP contribution in [0.1, 0.15) is 18.9 Å². The molecule has 1 heterocycles. The van der Waals surface area contributed by atoms with Crippen LogP contribution in [-0.4, -0.2) is 30.6 Å². The number of hydrogen-bond donors (Lipinski definition) is 1. The largest absolute Gasteiger partial charge is 0.301 e. The summed E-state index contributed by atoms with van der Waals surface area (Å²) in [6.07, 6.45) is 1.13. The predicted molar refractivity (Wildman–Crippen MR) is 72.9 cm³/mol. The van der Waals surface area contributed by atoms with Crippen LogP contribution < -0.4 is 5.32 Å². The second kappa shape index (κ2) is 6.53. The molecular weight excluding hydrogens is 222 g/mol. The Morgan fingerprint density at radius 3 is 2.83 bits per heavy atom. The van der Waals surface area contributed by atoms with E-state index in [9.17, 15) is 0 Å². The molecule has 1 N–H and O–H groups in total. The van der Waals surface area contributed by atoms with E-state index in [-0.39, 0.29) is 0 Å². The highest BCUT2D eigenvalue weighted by molar-refractivity contribution is 5.14. The number of likely N-dealkylation sites (tertiary alicyclic amines) is 1. The molecule has 1 aliphatic rings. The number of benzene rings is 1. The highest BCUT2D eigenvalue weighted by Crippen LogP contribution is 2.18. The molecule has 1 saturated heterocycles. The van der Waals surface area contributed by atoms with Crippen molar-refractivity contribution in [3.05, 3.63) is 35.9 Å². The van der Waals surface area contributed by atoms with Crippen LogP contribution >= 0.6 is 0 Å². The van der Waals surface area contributed by atoms with Gasteiger partial charge in [-0.3, -0.25) is 4.90 Å². The summed E-state index contributed by atoms with van der Waals surface area (Å²) in [7, 11) is 0. The minimum atomic E-state index is 0.466. The molecule has 1 fully saturated rings. The summed E-state index contributed by atoms with van der Waals surface area (Å²) in [6.45, 7) is 6.00. The summed E-state index contributed by atoms with van der Waals surface area (Å²) >= 11 is 0. The van der Waals surface area contributed by atoms with Gasteiger partial charge in [0.25, 0.3) is 0 Å². The Balaban J connectivity index is 1.83. The molecule has 2 unspecified atom stereocenters. The lowest BCUT2D eigenvalue weighted by atomic mass is 9.93. The summed E-state index contributed by atoms with van der Waals surface area (Å²) in [5.41, 5.74) is 1.38. The standard InChI is InChI=1S/C15H21N3/c1-13-11-18(10-7-15(13)17-9-8-16)12-14-5-3-2-4-6-14/h2-6,13,15,17H,7,9-12H2,1H3. The molecule has 18 heavy (non-hydrogen) atoms. The normalized spacial score (nSPS) is 24.7. The second-order valence-corrected chi connectivity index (χ2v) is 5.13. The van der Waals surface area contributed by atoms with E-state index in [1.54, 1.807) is 0 Å². The summed E-state index contributed by atoms with van der Waals surface area (Å²) in [5.74, 6) is 0.607. The highest BCUT2D eigenvalue weighted by atomic mass is 15.1. The predicted octanol–water partition coefficient (Wildman–Crippen LogP) is 2.01. The van der Waals surface area contributed by atoms with Gasteiger partial charge >= 0.3 is 0 Å². The van der Waals surface area contributed by atoms with Crippen LogP contribution in [-0.2, 0) is 6.54 Å². The molecule has 2 rings (SSSR count). The monoisotopic (exact) mass is 243 g/mol. The molecule has 96 valence electrons. The molecule has 2 atom stereocenters. The maximum absolute atomic E-state index is 8.61. The fraction of sp³-hybridized carbons (Fsp3) is 0.533. The second-order valence-electron chi connectivity index (χ2n) is 5.13. The van der Waals surface area contributed by atoms with Crippen molar-refractivity contribution in [2.45, 2.75) is 25.9 Å². The first kappa shape index (κ1) is 13.1. The molecule has 0 aromatic heterocycles. The summed E-state index contributed by atoms with van der Waals surface area (Å²) in [4.78, 5) is 2.50. The Bertz CT molecular complexity index is 396. The van der Waals surface area contributed by atoms with Gasteiger partial charge in [0.2, 0.25) is 0 Å². The molecule has 0 aliphatic carbocycles. The third-order valence-corrected chi connectivity index (χ3v) is 3.68. The molecule has 0 saturated carbocycles. The summed E-state index contributed by atoms with van der Waals surface area (Å²) < 4.78 is 0. The number of piperidine rings is 1. The lowest BCUT2D eigenvalue weighted by Crippen LogP contribution is -2.48. The number of hydrogen-bond acceptors (Lipinski definition) is 3. The Morgan fingerprint density at radius 2 is 2.17 bits per heavy atom. The Morgan fingerprint density at radius 1 is 1.39 bits per heavy atom. The summed E-state index contributed by atoms with van der Waals surface area (Å²) in [5, 5.41) is 11.9. The van der Waals surface area contributed by atoms with E-state index in [0.717, 1.165) is 26.1 Å². The average molecular weight is 243 g/mol. The van der Waals surface area contributed by atoms with Gasteiger partial charge in [-0.2, -0.15) is 5.26 Å². The topological polar surface area (TPSA) is 39.1 Å². The van der Waals surface area contributed by atoms with Gasteiger partial charge in [-0.15, -0.1) is 0 Å². The molecular formula is C15H21N3. The van der Waals surface area contributed by atoms with Gasteiger partial charge in [0.05, 0.1) is 12.6 Å². The minimum Gasteiger partial charge on any atom is -0.301 e. The van der Waals surface area contributed by atoms with Gasteiger partial charge in [-0.25, -0.2) is 0 Å². The van der Waals surface area contributed by atoms with Crippen LogP contribution in [0.25, 0.3) is 0 Å². The van der Waals surface area contributed by atoms with Crippen LogP contribution in [0.15, 0.2) is 30.3 Å². The highest BCUT2D eigenvalue weighted by Gasteiger charge is 2.25. The zero-order chi connectivity index (χ0) is 12.8. The van der Waals surface area contributed by atoms with Crippen molar-refractivity contribution >= 4 is 0 Å². The average Bonchev–Trinajstić information content (AvgIpc) is 2.39. The third kappa shape index (κ3) is 3.56. The maximum Gasteiger partial charge on any atom is 0.0843 e. The smallest absolute Gasteiger partial charge is 0.0843 e. The zero-order valence-electron chi connectivity index (χ0n) is 11.0. The van der Waals surface area contributed by atoms with E-state index in [4.69, 9.17) is 5.26 Å². The molecule has 0 spiro atoms. The first-order valence-corrected chi connectivity index (χ1v) is 6.66. The molecule has 3 nitrogen and oxygen atoms in total. The fourth-order valence-corrected chi connectivity index (χ4v) is 2.70. The van der Waals surface area contributed by atoms with Crippen LogP contribution in [0.5, 0.6) is 0 Å². The van der Waals surface area contributed by atoms with Crippen molar-refractivity contribution in [2.24, 2.45) is 5.92 Å². The quantitative estimate of drug-likeness (QED) is 0.822.